The number of aromatic nitrogens is 4. The van der Waals surface area contributed by atoms with Gasteiger partial charge in [-0.2, -0.15) is 0 Å². The third-order valence-electron chi connectivity index (χ3n) is 3.99. The smallest absolute Gasteiger partial charge is 0.243 e. The minimum atomic E-state index is 0.501. The Morgan fingerprint density at radius 2 is 1.96 bits per heavy atom. The fraction of sp³-hybridized carbons (Fsp3) is 0.316. The molecule has 1 heterocycles. The number of hydrogen-bond acceptors (Lipinski definition) is 6. The van der Waals surface area contributed by atoms with Crippen molar-refractivity contribution in [2.75, 3.05) is 12.4 Å². The van der Waals surface area contributed by atoms with Crippen LogP contribution in [0.4, 0.5) is 5.95 Å². The van der Waals surface area contributed by atoms with Crippen molar-refractivity contribution < 1.29 is 9.47 Å². The highest BCUT2D eigenvalue weighted by molar-refractivity contribution is 5.44. The van der Waals surface area contributed by atoms with Crippen LogP contribution in [0.3, 0.4) is 0 Å². The summed E-state index contributed by atoms with van der Waals surface area (Å²) in [6.45, 7) is 5.87. The molecule has 2 aromatic carbocycles. The zero-order valence-electron chi connectivity index (χ0n) is 15.3. The molecule has 136 valence electrons. The SMILES string of the molecule is CCn1nnnc1NCc1ccc(OCc2cccc(C)c2)c(OC)c1. The molecule has 26 heavy (non-hydrogen) atoms. The summed E-state index contributed by atoms with van der Waals surface area (Å²) in [6.07, 6.45) is 0. The first-order valence-corrected chi connectivity index (χ1v) is 8.55. The predicted molar refractivity (Wildman–Crippen MR) is 99.3 cm³/mol. The summed E-state index contributed by atoms with van der Waals surface area (Å²) in [5.74, 6) is 2.06. The van der Waals surface area contributed by atoms with Gasteiger partial charge in [-0.25, -0.2) is 4.68 Å². The second kappa shape index (κ2) is 8.33. The van der Waals surface area contributed by atoms with Gasteiger partial charge in [0, 0.05) is 13.1 Å². The minimum Gasteiger partial charge on any atom is -0.493 e. The van der Waals surface area contributed by atoms with Crippen LogP contribution in [0.15, 0.2) is 42.5 Å². The molecule has 0 unspecified atom stereocenters. The van der Waals surface area contributed by atoms with Crippen molar-refractivity contribution in [1.82, 2.24) is 20.2 Å². The third kappa shape index (κ3) is 4.30. The number of methoxy groups -OCH3 is 1. The zero-order chi connectivity index (χ0) is 18.4. The third-order valence-corrected chi connectivity index (χ3v) is 3.99. The molecule has 7 nitrogen and oxygen atoms in total. The van der Waals surface area contributed by atoms with Crippen molar-refractivity contribution in [2.45, 2.75) is 33.5 Å². The summed E-state index contributed by atoms with van der Waals surface area (Å²) in [5, 5.41) is 14.8. The highest BCUT2D eigenvalue weighted by Gasteiger charge is 2.08. The van der Waals surface area contributed by atoms with E-state index in [0.29, 0.717) is 31.4 Å². The number of anilines is 1. The lowest BCUT2D eigenvalue weighted by molar-refractivity contribution is 0.284. The number of nitrogens with zero attached hydrogens (tertiary/aromatic N) is 4. The molecule has 3 aromatic rings. The van der Waals surface area contributed by atoms with Crippen molar-refractivity contribution in [1.29, 1.82) is 0 Å². The normalized spacial score (nSPS) is 10.6. The first-order chi connectivity index (χ1) is 12.7. The Morgan fingerprint density at radius 1 is 1.08 bits per heavy atom. The standard InChI is InChI=1S/C19H23N5O2/c1-4-24-19(21-22-23-24)20-12-15-8-9-17(18(11-15)25-3)26-13-16-7-5-6-14(2)10-16/h5-11H,4,12-13H2,1-3H3,(H,20,21,23). The summed E-state index contributed by atoms with van der Waals surface area (Å²) in [4.78, 5) is 0. The van der Waals surface area contributed by atoms with Crippen LogP contribution in [0.5, 0.6) is 11.5 Å². The molecule has 0 atom stereocenters. The van der Waals surface area contributed by atoms with Crippen molar-refractivity contribution in [2.24, 2.45) is 0 Å². The minimum absolute atomic E-state index is 0.501. The lowest BCUT2D eigenvalue weighted by atomic mass is 10.1. The number of rotatable bonds is 8. The van der Waals surface area contributed by atoms with Crippen molar-refractivity contribution >= 4 is 5.95 Å². The van der Waals surface area contributed by atoms with Gasteiger partial charge in [-0.1, -0.05) is 41.0 Å². The summed E-state index contributed by atoms with van der Waals surface area (Å²) in [7, 11) is 1.64. The number of nitrogens with one attached hydrogen (secondary N) is 1. The topological polar surface area (TPSA) is 74.1 Å². The summed E-state index contributed by atoms with van der Waals surface area (Å²) in [6, 6.07) is 14.2. The van der Waals surface area contributed by atoms with E-state index >= 15 is 0 Å². The number of aryl methyl sites for hydroxylation is 2. The van der Waals surface area contributed by atoms with Crippen LogP contribution in [0, 0.1) is 6.92 Å². The second-order valence-corrected chi connectivity index (χ2v) is 5.93. The molecule has 7 heteroatoms. The van der Waals surface area contributed by atoms with Crippen molar-refractivity contribution in [3.05, 3.63) is 59.2 Å². The van der Waals surface area contributed by atoms with Crippen LogP contribution in [-0.4, -0.2) is 27.3 Å². The van der Waals surface area contributed by atoms with Gasteiger partial charge in [0.25, 0.3) is 0 Å². The van der Waals surface area contributed by atoms with E-state index in [9.17, 15) is 0 Å². The zero-order valence-corrected chi connectivity index (χ0v) is 15.3. The Bertz CT molecular complexity index is 863. The van der Waals surface area contributed by atoms with Gasteiger partial charge in [0.05, 0.1) is 7.11 Å². The van der Waals surface area contributed by atoms with E-state index in [1.54, 1.807) is 11.8 Å². The molecule has 3 rings (SSSR count). The van der Waals surface area contributed by atoms with Crippen LogP contribution in [0.25, 0.3) is 0 Å². The number of hydrogen-bond donors (Lipinski definition) is 1. The van der Waals surface area contributed by atoms with Gasteiger partial charge < -0.3 is 14.8 Å². The van der Waals surface area contributed by atoms with Crippen LogP contribution in [0.1, 0.15) is 23.6 Å². The van der Waals surface area contributed by atoms with E-state index in [1.165, 1.54) is 5.56 Å². The average molecular weight is 353 g/mol. The van der Waals surface area contributed by atoms with Gasteiger partial charge in [0.2, 0.25) is 5.95 Å². The molecule has 0 amide bonds. The fourth-order valence-electron chi connectivity index (χ4n) is 2.63. The molecule has 0 radical (unpaired) electrons. The molecule has 0 bridgehead atoms. The Kier molecular flexibility index (Phi) is 5.68. The molecular formula is C19H23N5O2. The summed E-state index contributed by atoms with van der Waals surface area (Å²) < 4.78 is 13.1. The van der Waals surface area contributed by atoms with Gasteiger partial charge in [-0.15, -0.1) is 0 Å². The lowest BCUT2D eigenvalue weighted by Gasteiger charge is -2.13. The Labute approximate surface area is 152 Å². The molecule has 0 aliphatic rings. The van der Waals surface area contributed by atoms with E-state index in [-0.39, 0.29) is 0 Å². The van der Waals surface area contributed by atoms with Crippen LogP contribution < -0.4 is 14.8 Å². The number of ether oxygens (including phenoxy) is 2. The van der Waals surface area contributed by atoms with E-state index in [1.807, 2.05) is 31.2 Å². The maximum Gasteiger partial charge on any atom is 0.243 e. The average Bonchev–Trinajstić information content (AvgIpc) is 3.12. The molecular weight excluding hydrogens is 330 g/mol. The molecule has 0 aliphatic carbocycles. The first kappa shape index (κ1) is 17.7. The van der Waals surface area contributed by atoms with E-state index in [2.05, 4.69) is 46.0 Å². The van der Waals surface area contributed by atoms with Gasteiger partial charge in [-0.05, 0) is 47.5 Å². The maximum absolute atomic E-state index is 5.93. The Hall–Kier alpha value is -3.09. The highest BCUT2D eigenvalue weighted by Crippen LogP contribution is 2.29. The molecule has 0 saturated carbocycles. The quantitative estimate of drug-likeness (QED) is 0.670. The molecule has 0 aliphatic heterocycles. The van der Waals surface area contributed by atoms with Gasteiger partial charge in [0.1, 0.15) is 6.61 Å². The molecule has 1 aromatic heterocycles. The van der Waals surface area contributed by atoms with E-state index in [0.717, 1.165) is 16.9 Å². The molecule has 0 saturated heterocycles. The second-order valence-electron chi connectivity index (χ2n) is 5.93. The van der Waals surface area contributed by atoms with Gasteiger partial charge in [0.15, 0.2) is 11.5 Å². The summed E-state index contributed by atoms with van der Waals surface area (Å²) in [5.41, 5.74) is 3.40. The monoisotopic (exact) mass is 353 g/mol. The Morgan fingerprint density at radius 3 is 2.73 bits per heavy atom. The lowest BCUT2D eigenvalue weighted by Crippen LogP contribution is -2.08. The predicted octanol–water partition coefficient (Wildman–Crippen LogP) is 3.20. The number of benzene rings is 2. The number of tetrazole rings is 1. The highest BCUT2D eigenvalue weighted by atomic mass is 16.5. The van der Waals surface area contributed by atoms with Gasteiger partial charge in [-0.3, -0.25) is 0 Å². The van der Waals surface area contributed by atoms with Crippen LogP contribution in [-0.2, 0) is 19.7 Å². The van der Waals surface area contributed by atoms with E-state index in [4.69, 9.17) is 9.47 Å². The molecule has 0 fully saturated rings. The van der Waals surface area contributed by atoms with Crippen molar-refractivity contribution in [3.63, 3.8) is 0 Å². The van der Waals surface area contributed by atoms with Gasteiger partial charge >= 0.3 is 0 Å². The fourth-order valence-corrected chi connectivity index (χ4v) is 2.63. The Balaban J connectivity index is 1.65. The molecule has 0 spiro atoms. The first-order valence-electron chi connectivity index (χ1n) is 8.55. The maximum atomic E-state index is 5.93. The van der Waals surface area contributed by atoms with Crippen molar-refractivity contribution in [3.8, 4) is 11.5 Å². The van der Waals surface area contributed by atoms with Crippen LogP contribution in [0.2, 0.25) is 0 Å². The summed E-state index contributed by atoms with van der Waals surface area (Å²) >= 11 is 0. The van der Waals surface area contributed by atoms with E-state index < -0.39 is 0 Å². The largest absolute Gasteiger partial charge is 0.493 e. The van der Waals surface area contributed by atoms with Crippen LogP contribution >= 0.6 is 0 Å². The molecule has 1 N–H and O–H groups in total.